The molecule has 33 heavy (non-hydrogen) atoms. The molecule has 2 N–H and O–H groups in total. The maximum absolute atomic E-state index is 13.2. The van der Waals surface area contributed by atoms with Crippen LogP contribution in [-0.2, 0) is 16.1 Å². The van der Waals surface area contributed by atoms with Gasteiger partial charge in [0, 0.05) is 32.0 Å². The largest absolute Gasteiger partial charge is 0.454 e. The summed E-state index contributed by atoms with van der Waals surface area (Å²) in [6.45, 7) is 3.69. The van der Waals surface area contributed by atoms with Crippen molar-refractivity contribution in [1.29, 1.82) is 0 Å². The molecule has 0 unspecified atom stereocenters. The normalized spacial score (nSPS) is 17.8. The Morgan fingerprint density at radius 2 is 2.06 bits per heavy atom. The highest BCUT2D eigenvalue weighted by Crippen LogP contribution is 2.35. The number of carbonyl (C=O) groups excluding carboxylic acids is 2. The number of carbonyl (C=O) groups is 2. The summed E-state index contributed by atoms with van der Waals surface area (Å²) >= 11 is 1.59. The smallest absolute Gasteiger partial charge is 0.257 e. The van der Waals surface area contributed by atoms with Crippen molar-refractivity contribution in [1.82, 2.24) is 15.2 Å². The first kappa shape index (κ1) is 23.4. The number of ether oxygens (including phenoxy) is 3. The van der Waals surface area contributed by atoms with Crippen LogP contribution >= 0.6 is 11.8 Å². The molecule has 9 nitrogen and oxygen atoms in total. The number of fused-ring (bicyclic) bond motifs is 2. The van der Waals surface area contributed by atoms with E-state index in [1.807, 2.05) is 17.7 Å². The lowest BCUT2D eigenvalue weighted by Crippen LogP contribution is -2.49. The molecule has 2 atom stereocenters. The van der Waals surface area contributed by atoms with Crippen molar-refractivity contribution in [2.24, 2.45) is 0 Å². The second-order valence-corrected chi connectivity index (χ2v) is 9.05. The second-order valence-electron chi connectivity index (χ2n) is 8.07. The average Bonchev–Trinajstić information content (AvgIpc) is 3.51. The standard InChI is InChI=1S/C23H29N3O6S/c1-3-26-12-16(21(27)15-9-19-20(10-18(15)26)32-13-31-19)22(28)25-17(6-8-33-2)23(29)24-11-14-5-4-7-30-14/h9-10,12,14,17H,3-8,11,13H2,1-2H3,(H,24,29)(H,25,28)/t14-,17+/m1/s1. The van der Waals surface area contributed by atoms with Crippen LogP contribution in [0.1, 0.15) is 36.5 Å². The third-order valence-electron chi connectivity index (χ3n) is 5.92. The molecular formula is C23H29N3O6S. The Balaban J connectivity index is 1.57. The lowest BCUT2D eigenvalue weighted by molar-refractivity contribution is -0.123. The summed E-state index contributed by atoms with van der Waals surface area (Å²) in [6.07, 6.45) is 5.84. The molecule has 0 spiro atoms. The molecule has 1 aromatic heterocycles. The first-order valence-corrected chi connectivity index (χ1v) is 12.6. The highest BCUT2D eigenvalue weighted by Gasteiger charge is 2.26. The monoisotopic (exact) mass is 475 g/mol. The Labute approximate surface area is 196 Å². The van der Waals surface area contributed by atoms with E-state index < -0.39 is 17.4 Å². The molecule has 1 aromatic carbocycles. The van der Waals surface area contributed by atoms with E-state index in [1.165, 1.54) is 6.20 Å². The van der Waals surface area contributed by atoms with Crippen LogP contribution in [0.2, 0.25) is 0 Å². The fourth-order valence-corrected chi connectivity index (χ4v) is 4.56. The van der Waals surface area contributed by atoms with Crippen LogP contribution in [-0.4, -0.2) is 60.5 Å². The molecule has 0 saturated carbocycles. The van der Waals surface area contributed by atoms with Crippen LogP contribution in [0.5, 0.6) is 11.5 Å². The first-order valence-electron chi connectivity index (χ1n) is 11.2. The molecule has 178 valence electrons. The van der Waals surface area contributed by atoms with E-state index in [2.05, 4.69) is 10.6 Å². The second kappa shape index (κ2) is 10.5. The maximum Gasteiger partial charge on any atom is 0.257 e. The number of benzene rings is 1. The van der Waals surface area contributed by atoms with Crippen LogP contribution in [0.3, 0.4) is 0 Å². The molecule has 2 amide bonds. The molecular weight excluding hydrogens is 446 g/mol. The van der Waals surface area contributed by atoms with Gasteiger partial charge in [0.25, 0.3) is 5.91 Å². The Bertz CT molecular complexity index is 1100. The Morgan fingerprint density at radius 1 is 1.27 bits per heavy atom. The quantitative estimate of drug-likeness (QED) is 0.570. The summed E-state index contributed by atoms with van der Waals surface area (Å²) in [5.74, 6) is 0.902. The number of hydrogen-bond donors (Lipinski definition) is 2. The van der Waals surface area contributed by atoms with Gasteiger partial charge in [-0.2, -0.15) is 11.8 Å². The summed E-state index contributed by atoms with van der Waals surface area (Å²) in [6, 6.07) is 2.63. The van der Waals surface area contributed by atoms with Crippen molar-refractivity contribution < 1.29 is 23.8 Å². The van der Waals surface area contributed by atoms with Crippen LogP contribution < -0.4 is 25.5 Å². The predicted octanol–water partition coefficient (Wildman–Crippen LogP) is 1.90. The summed E-state index contributed by atoms with van der Waals surface area (Å²) in [5, 5.41) is 6.03. The fraction of sp³-hybridized carbons (Fsp3) is 0.522. The van der Waals surface area contributed by atoms with E-state index in [9.17, 15) is 14.4 Å². The molecule has 0 bridgehead atoms. The van der Waals surface area contributed by atoms with E-state index >= 15 is 0 Å². The Kier molecular flexibility index (Phi) is 7.44. The van der Waals surface area contributed by atoms with Gasteiger partial charge in [0.05, 0.1) is 17.0 Å². The molecule has 2 aromatic rings. The molecule has 2 aliphatic rings. The summed E-state index contributed by atoms with van der Waals surface area (Å²) in [5.41, 5.74) is 0.245. The highest BCUT2D eigenvalue weighted by atomic mass is 32.2. The van der Waals surface area contributed by atoms with Gasteiger partial charge < -0.3 is 29.4 Å². The number of rotatable bonds is 9. The lowest BCUT2D eigenvalue weighted by atomic mass is 10.1. The molecule has 2 aliphatic heterocycles. The Hall–Kier alpha value is -2.72. The third kappa shape index (κ3) is 5.11. The summed E-state index contributed by atoms with van der Waals surface area (Å²) < 4.78 is 18.2. The number of thioether (sulfide) groups is 1. The highest BCUT2D eigenvalue weighted by molar-refractivity contribution is 7.98. The van der Waals surface area contributed by atoms with E-state index in [1.54, 1.807) is 23.9 Å². The number of aromatic nitrogens is 1. The molecule has 10 heteroatoms. The zero-order chi connectivity index (χ0) is 23.4. The van der Waals surface area contributed by atoms with E-state index in [4.69, 9.17) is 14.2 Å². The zero-order valence-electron chi connectivity index (χ0n) is 18.8. The van der Waals surface area contributed by atoms with E-state index in [0.29, 0.717) is 54.3 Å². The van der Waals surface area contributed by atoms with Gasteiger partial charge >= 0.3 is 0 Å². The van der Waals surface area contributed by atoms with Gasteiger partial charge in [-0.15, -0.1) is 0 Å². The van der Waals surface area contributed by atoms with Crippen molar-refractivity contribution in [3.05, 3.63) is 34.1 Å². The van der Waals surface area contributed by atoms with Crippen molar-refractivity contribution in [2.75, 3.05) is 32.0 Å². The van der Waals surface area contributed by atoms with E-state index in [0.717, 1.165) is 12.8 Å². The minimum atomic E-state index is -0.742. The van der Waals surface area contributed by atoms with Gasteiger partial charge in [0.15, 0.2) is 11.5 Å². The van der Waals surface area contributed by atoms with Gasteiger partial charge in [-0.05, 0) is 44.3 Å². The average molecular weight is 476 g/mol. The van der Waals surface area contributed by atoms with Crippen molar-refractivity contribution in [2.45, 2.75) is 44.9 Å². The van der Waals surface area contributed by atoms with Crippen molar-refractivity contribution in [3.8, 4) is 11.5 Å². The summed E-state index contributed by atoms with van der Waals surface area (Å²) in [7, 11) is 0. The summed E-state index contributed by atoms with van der Waals surface area (Å²) in [4.78, 5) is 39.2. The van der Waals surface area contributed by atoms with Gasteiger partial charge in [-0.1, -0.05) is 0 Å². The van der Waals surface area contributed by atoms with Crippen LogP contribution in [0.4, 0.5) is 0 Å². The Morgan fingerprint density at radius 3 is 2.76 bits per heavy atom. The number of aryl methyl sites for hydroxylation is 1. The first-order chi connectivity index (χ1) is 16.0. The third-order valence-corrected chi connectivity index (χ3v) is 6.56. The number of nitrogens with zero attached hydrogens (tertiary/aromatic N) is 1. The minimum Gasteiger partial charge on any atom is -0.454 e. The van der Waals surface area contributed by atoms with Crippen molar-refractivity contribution in [3.63, 3.8) is 0 Å². The van der Waals surface area contributed by atoms with Crippen LogP contribution in [0, 0.1) is 0 Å². The van der Waals surface area contributed by atoms with Gasteiger partial charge in [0.1, 0.15) is 11.6 Å². The lowest BCUT2D eigenvalue weighted by Gasteiger charge is -2.20. The van der Waals surface area contributed by atoms with E-state index in [-0.39, 0.29) is 24.4 Å². The zero-order valence-corrected chi connectivity index (χ0v) is 19.7. The number of nitrogens with one attached hydrogen (secondary N) is 2. The molecule has 1 fully saturated rings. The maximum atomic E-state index is 13.2. The number of hydrogen-bond acceptors (Lipinski definition) is 7. The molecule has 3 heterocycles. The SMILES string of the molecule is CCn1cc(C(=O)N[C@@H](CCSC)C(=O)NC[C@H]2CCCO2)c(=O)c2cc3c(cc21)OCO3. The van der Waals surface area contributed by atoms with Crippen LogP contribution in [0.15, 0.2) is 23.1 Å². The molecule has 0 aliphatic carbocycles. The number of pyridine rings is 1. The minimum absolute atomic E-state index is 0.00991. The molecule has 4 rings (SSSR count). The number of amides is 2. The topological polar surface area (TPSA) is 108 Å². The predicted molar refractivity (Wildman–Crippen MR) is 126 cm³/mol. The molecule has 1 saturated heterocycles. The van der Waals surface area contributed by atoms with Crippen LogP contribution in [0.25, 0.3) is 10.9 Å². The molecule has 0 radical (unpaired) electrons. The van der Waals surface area contributed by atoms with Crippen molar-refractivity contribution >= 4 is 34.5 Å². The van der Waals surface area contributed by atoms with Gasteiger partial charge in [-0.25, -0.2) is 0 Å². The van der Waals surface area contributed by atoms with Gasteiger partial charge in [0.2, 0.25) is 18.1 Å². The van der Waals surface area contributed by atoms with Gasteiger partial charge in [-0.3, -0.25) is 14.4 Å². The fourth-order valence-electron chi connectivity index (χ4n) is 4.09.